The second-order valence-corrected chi connectivity index (χ2v) is 14.6. The maximum absolute atomic E-state index is 2.48. The summed E-state index contributed by atoms with van der Waals surface area (Å²) in [7, 11) is 0. The molecular weight excluding hydrogens is 532 g/mol. The van der Waals surface area contributed by atoms with Crippen molar-refractivity contribution in [1.82, 2.24) is 9.13 Å². The Hall–Kier alpha value is -4.30. The summed E-state index contributed by atoms with van der Waals surface area (Å²) in [6, 6.07) is 42.7. The fourth-order valence-corrected chi connectivity index (χ4v) is 7.37. The molecule has 2 nitrogen and oxygen atoms in total. The lowest BCUT2D eigenvalue weighted by Crippen LogP contribution is -2.29. The van der Waals surface area contributed by atoms with E-state index in [1.807, 2.05) is 0 Å². The molecule has 0 fully saturated rings. The normalized spacial score (nSPS) is 13.4. The molecule has 5 aromatic carbocycles. The zero-order valence-corrected chi connectivity index (χ0v) is 27.1. The molecule has 0 radical (unpaired) electrons. The predicted octanol–water partition coefficient (Wildman–Crippen LogP) is 11.9. The molecule has 0 aliphatic carbocycles. The van der Waals surface area contributed by atoms with Crippen molar-refractivity contribution in [2.75, 3.05) is 0 Å². The quantitative estimate of drug-likeness (QED) is 0.179. The first-order valence-corrected chi connectivity index (χ1v) is 16.3. The highest BCUT2D eigenvalue weighted by Gasteiger charge is 2.32. The Morgan fingerprint density at radius 1 is 0.523 bits per heavy atom. The average Bonchev–Trinajstić information content (AvgIpc) is 3.53. The van der Waals surface area contributed by atoms with Crippen LogP contribution in [-0.4, -0.2) is 9.13 Å². The van der Waals surface area contributed by atoms with Crippen LogP contribution in [0.2, 0.25) is 0 Å². The van der Waals surface area contributed by atoms with Gasteiger partial charge in [-0.2, -0.15) is 0 Å². The van der Waals surface area contributed by atoms with Crippen LogP contribution in [-0.2, 0) is 6.42 Å². The molecule has 7 rings (SSSR count). The highest BCUT2D eigenvalue weighted by molar-refractivity contribution is 6.10. The van der Waals surface area contributed by atoms with E-state index in [1.54, 1.807) is 0 Å². The smallest absolute Gasteiger partial charge is 0.0541 e. The third-order valence-corrected chi connectivity index (χ3v) is 10.00. The van der Waals surface area contributed by atoms with Gasteiger partial charge in [-0.15, -0.1) is 0 Å². The molecule has 2 heterocycles. The summed E-state index contributed by atoms with van der Waals surface area (Å²) < 4.78 is 4.96. The molecule has 0 N–H and O–H groups in total. The minimum Gasteiger partial charge on any atom is -0.309 e. The summed E-state index contributed by atoms with van der Waals surface area (Å²) in [5.41, 5.74) is 9.34. The summed E-state index contributed by atoms with van der Waals surface area (Å²) in [5, 5.41) is 5.18. The Labute approximate surface area is 261 Å². The number of fused-ring (bicyclic) bond motifs is 6. The summed E-state index contributed by atoms with van der Waals surface area (Å²) in [6.45, 7) is 14.5. The molecule has 0 bridgehead atoms. The molecule has 2 aromatic heterocycles. The minimum atomic E-state index is 0.239. The summed E-state index contributed by atoms with van der Waals surface area (Å²) >= 11 is 0. The van der Waals surface area contributed by atoms with Gasteiger partial charge in [-0.05, 0) is 77.6 Å². The number of hydrogen-bond acceptors (Lipinski definition) is 0. The Kier molecular flexibility index (Phi) is 6.92. The molecule has 222 valence electrons. The molecule has 0 amide bonds. The van der Waals surface area contributed by atoms with Crippen LogP contribution < -0.4 is 0 Å². The second kappa shape index (κ2) is 10.7. The number of para-hydroxylation sites is 4. The highest BCUT2D eigenvalue weighted by atomic mass is 15.0. The van der Waals surface area contributed by atoms with Gasteiger partial charge in [-0.3, -0.25) is 0 Å². The SMILES string of the molecule is CCC(C)(C)C(Cc1cc(-n2c3ccccc3c3ccccc32)cc(-n2c3ccccc3c3ccccc32)c1)CC(C)(C)C. The van der Waals surface area contributed by atoms with E-state index in [2.05, 4.69) is 166 Å². The maximum atomic E-state index is 2.48. The van der Waals surface area contributed by atoms with Crippen LogP contribution >= 0.6 is 0 Å². The Balaban J connectivity index is 1.52. The zero-order valence-electron chi connectivity index (χ0n) is 27.1. The lowest BCUT2D eigenvalue weighted by Gasteiger charge is -2.38. The summed E-state index contributed by atoms with van der Waals surface area (Å²) in [4.78, 5) is 0. The van der Waals surface area contributed by atoms with Gasteiger partial charge in [0.15, 0.2) is 0 Å². The molecule has 7 aromatic rings. The fourth-order valence-electron chi connectivity index (χ4n) is 7.37. The lowest BCUT2D eigenvalue weighted by molar-refractivity contribution is 0.141. The fraction of sp³-hybridized carbons (Fsp3) is 0.286. The third kappa shape index (κ3) is 4.91. The van der Waals surface area contributed by atoms with Crippen molar-refractivity contribution in [3.8, 4) is 11.4 Å². The molecule has 0 aliphatic heterocycles. The van der Waals surface area contributed by atoms with Crippen molar-refractivity contribution in [1.29, 1.82) is 0 Å². The summed E-state index contributed by atoms with van der Waals surface area (Å²) in [6.07, 6.45) is 3.41. The van der Waals surface area contributed by atoms with Gasteiger partial charge in [0, 0.05) is 32.9 Å². The van der Waals surface area contributed by atoms with Gasteiger partial charge >= 0.3 is 0 Å². The van der Waals surface area contributed by atoms with E-state index in [-0.39, 0.29) is 10.8 Å². The van der Waals surface area contributed by atoms with Crippen molar-refractivity contribution < 1.29 is 0 Å². The van der Waals surface area contributed by atoms with Crippen LogP contribution in [0, 0.1) is 16.7 Å². The van der Waals surface area contributed by atoms with Crippen molar-refractivity contribution >= 4 is 43.6 Å². The number of aromatic nitrogens is 2. The van der Waals surface area contributed by atoms with Gasteiger partial charge in [-0.25, -0.2) is 0 Å². The van der Waals surface area contributed by atoms with Gasteiger partial charge < -0.3 is 9.13 Å². The van der Waals surface area contributed by atoms with Crippen LogP contribution in [0.15, 0.2) is 115 Å². The lowest BCUT2D eigenvalue weighted by atomic mass is 9.67. The standard InChI is InChI=1S/C42H44N2/c1-7-42(5,6)30(28-41(2,3)4)24-29-25-31(43-37-20-12-8-16-33(37)34-17-9-13-21-38(34)43)27-32(26-29)44-39-22-14-10-18-35(39)36-19-11-15-23-40(36)44/h8-23,25-27,30H,7,24,28H2,1-6H3. The first kappa shape index (κ1) is 28.5. The molecule has 1 atom stereocenters. The monoisotopic (exact) mass is 576 g/mol. The zero-order chi connectivity index (χ0) is 30.6. The molecule has 44 heavy (non-hydrogen) atoms. The maximum Gasteiger partial charge on any atom is 0.0541 e. The van der Waals surface area contributed by atoms with Gasteiger partial charge in [0.2, 0.25) is 0 Å². The molecular formula is C42H44N2. The highest BCUT2D eigenvalue weighted by Crippen LogP contribution is 2.42. The van der Waals surface area contributed by atoms with Crippen LogP contribution in [0.3, 0.4) is 0 Å². The Bertz CT molecular complexity index is 1890. The van der Waals surface area contributed by atoms with E-state index < -0.39 is 0 Å². The molecule has 1 unspecified atom stereocenters. The van der Waals surface area contributed by atoms with Crippen molar-refractivity contribution in [3.05, 3.63) is 121 Å². The molecule has 0 aliphatic rings. The Morgan fingerprint density at radius 2 is 0.886 bits per heavy atom. The first-order valence-electron chi connectivity index (χ1n) is 16.3. The van der Waals surface area contributed by atoms with E-state index in [0.717, 1.165) is 6.42 Å². The van der Waals surface area contributed by atoms with E-state index in [0.29, 0.717) is 5.92 Å². The van der Waals surface area contributed by atoms with E-state index in [4.69, 9.17) is 0 Å². The van der Waals surface area contributed by atoms with Crippen molar-refractivity contribution in [2.45, 2.75) is 60.8 Å². The molecule has 2 heteroatoms. The number of rotatable bonds is 7. The number of benzene rings is 5. The second-order valence-electron chi connectivity index (χ2n) is 14.6. The van der Waals surface area contributed by atoms with E-state index in [9.17, 15) is 0 Å². The van der Waals surface area contributed by atoms with Crippen LogP contribution in [0.4, 0.5) is 0 Å². The van der Waals surface area contributed by atoms with Gasteiger partial charge in [0.1, 0.15) is 0 Å². The Morgan fingerprint density at radius 3 is 1.23 bits per heavy atom. The van der Waals surface area contributed by atoms with Gasteiger partial charge in [0.25, 0.3) is 0 Å². The number of hydrogen-bond donors (Lipinski definition) is 0. The van der Waals surface area contributed by atoms with E-state index in [1.165, 1.54) is 73.4 Å². The first-order chi connectivity index (χ1) is 21.1. The molecule has 0 spiro atoms. The third-order valence-electron chi connectivity index (χ3n) is 10.00. The minimum absolute atomic E-state index is 0.239. The van der Waals surface area contributed by atoms with Crippen LogP contribution in [0.1, 0.15) is 59.9 Å². The van der Waals surface area contributed by atoms with Gasteiger partial charge in [0.05, 0.1) is 22.1 Å². The molecule has 0 saturated heterocycles. The number of nitrogens with zero attached hydrogens (tertiary/aromatic N) is 2. The van der Waals surface area contributed by atoms with Crippen LogP contribution in [0.5, 0.6) is 0 Å². The average molecular weight is 577 g/mol. The summed E-state index contributed by atoms with van der Waals surface area (Å²) in [5.74, 6) is 0.562. The molecule has 0 saturated carbocycles. The van der Waals surface area contributed by atoms with E-state index >= 15 is 0 Å². The van der Waals surface area contributed by atoms with Crippen molar-refractivity contribution in [2.24, 2.45) is 16.7 Å². The van der Waals surface area contributed by atoms with Gasteiger partial charge in [-0.1, -0.05) is 121 Å². The topological polar surface area (TPSA) is 9.86 Å². The predicted molar refractivity (Wildman–Crippen MR) is 190 cm³/mol. The van der Waals surface area contributed by atoms with Crippen molar-refractivity contribution in [3.63, 3.8) is 0 Å². The largest absolute Gasteiger partial charge is 0.309 e. The van der Waals surface area contributed by atoms with Crippen LogP contribution in [0.25, 0.3) is 55.0 Å².